The molecule has 0 atom stereocenters. The van der Waals surface area contributed by atoms with Crippen LogP contribution in [0, 0.1) is 0 Å². The van der Waals surface area contributed by atoms with E-state index < -0.39 is 5.91 Å². The van der Waals surface area contributed by atoms with E-state index in [9.17, 15) is 9.90 Å². The lowest BCUT2D eigenvalue weighted by atomic mass is 10.2. The molecule has 0 fully saturated rings. The third-order valence-corrected chi connectivity index (χ3v) is 2.96. The van der Waals surface area contributed by atoms with E-state index in [1.165, 1.54) is 26.5 Å². The summed E-state index contributed by atoms with van der Waals surface area (Å²) >= 11 is 0. The van der Waals surface area contributed by atoms with Crippen molar-refractivity contribution < 1.29 is 19.4 Å². The number of para-hydroxylation sites is 1. The van der Waals surface area contributed by atoms with E-state index in [1.807, 2.05) is 0 Å². The van der Waals surface area contributed by atoms with Gasteiger partial charge in [0.25, 0.3) is 5.91 Å². The maximum atomic E-state index is 12.1. The molecular weight excluding hydrogens is 284 g/mol. The highest BCUT2D eigenvalue weighted by Gasteiger charge is 2.12. The summed E-state index contributed by atoms with van der Waals surface area (Å²) in [4.78, 5) is 12.1. The second kappa shape index (κ2) is 7.12. The molecule has 0 spiro atoms. The van der Waals surface area contributed by atoms with Crippen molar-refractivity contribution in [1.29, 1.82) is 0 Å². The molecule has 114 valence electrons. The monoisotopic (exact) mass is 300 g/mol. The number of benzene rings is 2. The number of carbonyl (C=O) groups excluding carboxylic acids is 1. The molecule has 0 aliphatic rings. The first-order valence-corrected chi connectivity index (χ1v) is 6.49. The molecule has 2 N–H and O–H groups in total. The van der Waals surface area contributed by atoms with Crippen LogP contribution >= 0.6 is 0 Å². The van der Waals surface area contributed by atoms with Crippen LogP contribution in [0.3, 0.4) is 0 Å². The van der Waals surface area contributed by atoms with Gasteiger partial charge in [-0.1, -0.05) is 12.1 Å². The van der Waals surface area contributed by atoms with E-state index >= 15 is 0 Å². The Morgan fingerprint density at radius 3 is 2.64 bits per heavy atom. The van der Waals surface area contributed by atoms with Gasteiger partial charge in [0, 0.05) is 11.6 Å². The molecule has 0 radical (unpaired) electrons. The van der Waals surface area contributed by atoms with E-state index in [-0.39, 0.29) is 5.75 Å². The second-order valence-electron chi connectivity index (χ2n) is 4.32. The standard InChI is InChI=1S/C16H16N2O4/c1-21-12-7-8-13(15(9-12)22-2)16(20)18-17-10-11-5-3-4-6-14(11)19/h3-10,19H,1-2H3,(H,18,20)/b17-10+. The number of rotatable bonds is 5. The Bertz CT molecular complexity index is 698. The van der Waals surface area contributed by atoms with Crippen LogP contribution in [0.1, 0.15) is 15.9 Å². The third-order valence-electron chi connectivity index (χ3n) is 2.96. The first kappa shape index (κ1) is 15.4. The number of nitrogens with zero attached hydrogens (tertiary/aromatic N) is 1. The molecule has 2 aromatic rings. The summed E-state index contributed by atoms with van der Waals surface area (Å²) < 4.78 is 10.2. The molecule has 6 nitrogen and oxygen atoms in total. The van der Waals surface area contributed by atoms with Crippen LogP contribution in [-0.4, -0.2) is 31.4 Å². The van der Waals surface area contributed by atoms with Crippen molar-refractivity contribution in [3.63, 3.8) is 0 Å². The molecule has 0 saturated heterocycles. The average molecular weight is 300 g/mol. The predicted molar refractivity (Wildman–Crippen MR) is 82.7 cm³/mol. The molecule has 0 aromatic heterocycles. The van der Waals surface area contributed by atoms with Gasteiger partial charge in [0.15, 0.2) is 0 Å². The molecular formula is C16H16N2O4. The highest BCUT2D eigenvalue weighted by atomic mass is 16.5. The lowest BCUT2D eigenvalue weighted by Gasteiger charge is -2.08. The topological polar surface area (TPSA) is 80.2 Å². The zero-order valence-electron chi connectivity index (χ0n) is 12.2. The van der Waals surface area contributed by atoms with Crippen LogP contribution < -0.4 is 14.9 Å². The zero-order chi connectivity index (χ0) is 15.9. The summed E-state index contributed by atoms with van der Waals surface area (Å²) in [6, 6.07) is 11.5. The number of hydrogen-bond donors (Lipinski definition) is 2. The summed E-state index contributed by atoms with van der Waals surface area (Å²) in [7, 11) is 3.00. The van der Waals surface area contributed by atoms with Gasteiger partial charge in [-0.3, -0.25) is 4.79 Å². The SMILES string of the molecule is COc1ccc(C(=O)N/N=C/c2ccccc2O)c(OC)c1. The normalized spacial score (nSPS) is 10.5. The highest BCUT2D eigenvalue weighted by molar-refractivity contribution is 5.97. The molecule has 0 unspecified atom stereocenters. The third kappa shape index (κ3) is 3.54. The van der Waals surface area contributed by atoms with Crippen molar-refractivity contribution in [1.82, 2.24) is 5.43 Å². The van der Waals surface area contributed by atoms with Crippen molar-refractivity contribution >= 4 is 12.1 Å². The fourth-order valence-electron chi connectivity index (χ4n) is 1.80. The fraction of sp³-hybridized carbons (Fsp3) is 0.125. The molecule has 0 heterocycles. The maximum Gasteiger partial charge on any atom is 0.275 e. The molecule has 0 bridgehead atoms. The number of aromatic hydroxyl groups is 1. The average Bonchev–Trinajstić information content (AvgIpc) is 2.55. The van der Waals surface area contributed by atoms with E-state index in [0.29, 0.717) is 22.6 Å². The Morgan fingerprint density at radius 1 is 1.18 bits per heavy atom. The zero-order valence-corrected chi connectivity index (χ0v) is 12.2. The van der Waals surface area contributed by atoms with Gasteiger partial charge in [-0.15, -0.1) is 0 Å². The first-order chi connectivity index (χ1) is 10.7. The number of carbonyl (C=O) groups is 1. The summed E-state index contributed by atoms with van der Waals surface area (Å²) in [5.41, 5.74) is 3.22. The molecule has 0 saturated carbocycles. The minimum Gasteiger partial charge on any atom is -0.507 e. The number of ether oxygens (including phenoxy) is 2. The van der Waals surface area contributed by atoms with Gasteiger partial charge in [0.05, 0.1) is 26.0 Å². The molecule has 0 aliphatic heterocycles. The maximum absolute atomic E-state index is 12.1. The molecule has 22 heavy (non-hydrogen) atoms. The number of methoxy groups -OCH3 is 2. The van der Waals surface area contributed by atoms with Crippen LogP contribution in [0.4, 0.5) is 0 Å². The first-order valence-electron chi connectivity index (χ1n) is 6.49. The lowest BCUT2D eigenvalue weighted by Crippen LogP contribution is -2.18. The van der Waals surface area contributed by atoms with Crippen molar-refractivity contribution in [2.45, 2.75) is 0 Å². The Kier molecular flexibility index (Phi) is 4.98. The van der Waals surface area contributed by atoms with Crippen molar-refractivity contribution in [3.05, 3.63) is 53.6 Å². The van der Waals surface area contributed by atoms with Crippen LogP contribution in [0.15, 0.2) is 47.6 Å². The van der Waals surface area contributed by atoms with E-state index in [1.54, 1.807) is 36.4 Å². The van der Waals surface area contributed by atoms with Gasteiger partial charge in [-0.2, -0.15) is 5.10 Å². The van der Waals surface area contributed by atoms with Gasteiger partial charge in [-0.25, -0.2) is 5.43 Å². The summed E-state index contributed by atoms with van der Waals surface area (Å²) in [6.07, 6.45) is 1.36. The van der Waals surface area contributed by atoms with Crippen molar-refractivity contribution in [3.8, 4) is 17.2 Å². The van der Waals surface area contributed by atoms with E-state index in [2.05, 4.69) is 10.5 Å². The molecule has 6 heteroatoms. The van der Waals surface area contributed by atoms with E-state index in [4.69, 9.17) is 9.47 Å². The fourth-order valence-corrected chi connectivity index (χ4v) is 1.80. The van der Waals surface area contributed by atoms with Gasteiger partial charge >= 0.3 is 0 Å². The number of nitrogens with one attached hydrogen (secondary N) is 1. The minimum absolute atomic E-state index is 0.0857. The molecule has 2 aromatic carbocycles. The molecule has 0 aliphatic carbocycles. The quantitative estimate of drug-likeness (QED) is 0.655. The van der Waals surface area contributed by atoms with Gasteiger partial charge in [0.1, 0.15) is 17.2 Å². The van der Waals surface area contributed by atoms with Crippen LogP contribution in [-0.2, 0) is 0 Å². The summed E-state index contributed by atoms with van der Waals surface area (Å²) in [6.45, 7) is 0. The molecule has 2 rings (SSSR count). The van der Waals surface area contributed by atoms with Crippen LogP contribution in [0.5, 0.6) is 17.2 Å². The van der Waals surface area contributed by atoms with Gasteiger partial charge in [0.2, 0.25) is 0 Å². The Balaban J connectivity index is 2.11. The second-order valence-corrected chi connectivity index (χ2v) is 4.32. The Morgan fingerprint density at radius 2 is 1.95 bits per heavy atom. The predicted octanol–water partition coefficient (Wildman–Crippen LogP) is 2.17. The smallest absolute Gasteiger partial charge is 0.275 e. The van der Waals surface area contributed by atoms with E-state index in [0.717, 1.165) is 0 Å². The highest BCUT2D eigenvalue weighted by Crippen LogP contribution is 2.24. The van der Waals surface area contributed by atoms with Crippen molar-refractivity contribution in [2.24, 2.45) is 5.10 Å². The minimum atomic E-state index is -0.425. The summed E-state index contributed by atoms with van der Waals surface area (Å²) in [5.74, 6) is 0.634. The number of amides is 1. The number of phenolic OH excluding ortho intramolecular Hbond substituents is 1. The number of hydrogen-bond acceptors (Lipinski definition) is 5. The Hall–Kier alpha value is -3.02. The summed E-state index contributed by atoms with van der Waals surface area (Å²) in [5, 5.41) is 13.4. The number of phenols is 1. The lowest BCUT2D eigenvalue weighted by molar-refractivity contribution is 0.0952. The molecule has 1 amide bonds. The largest absolute Gasteiger partial charge is 0.507 e. The van der Waals surface area contributed by atoms with Crippen LogP contribution in [0.25, 0.3) is 0 Å². The van der Waals surface area contributed by atoms with Crippen LogP contribution in [0.2, 0.25) is 0 Å². The van der Waals surface area contributed by atoms with Crippen molar-refractivity contribution in [2.75, 3.05) is 14.2 Å². The van der Waals surface area contributed by atoms with Gasteiger partial charge in [-0.05, 0) is 24.3 Å². The Labute approximate surface area is 128 Å². The number of hydrazone groups is 1. The van der Waals surface area contributed by atoms with Gasteiger partial charge < -0.3 is 14.6 Å².